The fourth-order valence-corrected chi connectivity index (χ4v) is 1.86. The van der Waals surface area contributed by atoms with Gasteiger partial charge in [-0.05, 0) is 6.42 Å². The van der Waals surface area contributed by atoms with Gasteiger partial charge in [0.05, 0.1) is 13.2 Å². The molecule has 86 valence electrons. The fourth-order valence-electron chi connectivity index (χ4n) is 1.86. The quantitative estimate of drug-likeness (QED) is 0.534. The highest BCUT2D eigenvalue weighted by Gasteiger charge is 2.23. The first-order chi connectivity index (χ1) is 6.68. The maximum Gasteiger partial charge on any atom is 0.0538 e. The Balaban J connectivity index is 3.71. The van der Waals surface area contributed by atoms with Crippen molar-refractivity contribution in [3.63, 3.8) is 0 Å². The normalized spacial score (nSPS) is 12.0. The molecule has 0 unspecified atom stereocenters. The van der Waals surface area contributed by atoms with Crippen molar-refractivity contribution in [3.8, 4) is 0 Å². The van der Waals surface area contributed by atoms with Crippen LogP contribution >= 0.6 is 0 Å². The Kier molecular flexibility index (Phi) is 8.20. The molecule has 2 nitrogen and oxygen atoms in total. The molecule has 2 heteroatoms. The molecular formula is C12H26O2. The lowest BCUT2D eigenvalue weighted by molar-refractivity contribution is 0.0152. The van der Waals surface area contributed by atoms with Crippen LogP contribution in [0.2, 0.25) is 0 Å². The number of hydrogen-bond donors (Lipinski definition) is 0. The van der Waals surface area contributed by atoms with Crippen molar-refractivity contribution in [2.75, 3.05) is 27.4 Å². The topological polar surface area (TPSA) is 18.5 Å². The zero-order valence-corrected chi connectivity index (χ0v) is 10.3. The highest BCUT2D eigenvalue weighted by Crippen LogP contribution is 2.25. The van der Waals surface area contributed by atoms with Crippen molar-refractivity contribution in [2.45, 2.75) is 46.0 Å². The second-order valence-electron chi connectivity index (χ2n) is 4.49. The molecular weight excluding hydrogens is 176 g/mol. The highest BCUT2D eigenvalue weighted by atomic mass is 16.5. The summed E-state index contributed by atoms with van der Waals surface area (Å²) >= 11 is 0. The van der Waals surface area contributed by atoms with E-state index < -0.39 is 0 Å². The van der Waals surface area contributed by atoms with Crippen molar-refractivity contribution in [1.29, 1.82) is 0 Å². The van der Waals surface area contributed by atoms with E-state index in [0.29, 0.717) is 0 Å². The second kappa shape index (κ2) is 8.25. The lowest BCUT2D eigenvalue weighted by atomic mass is 9.86. The van der Waals surface area contributed by atoms with Gasteiger partial charge in [-0.2, -0.15) is 0 Å². The van der Waals surface area contributed by atoms with Gasteiger partial charge in [0.25, 0.3) is 0 Å². The maximum atomic E-state index is 5.24. The first-order valence-corrected chi connectivity index (χ1v) is 5.66. The predicted molar refractivity (Wildman–Crippen MR) is 60.6 cm³/mol. The third-order valence-electron chi connectivity index (χ3n) is 2.62. The Morgan fingerprint density at radius 3 is 1.93 bits per heavy atom. The molecule has 0 aromatic carbocycles. The van der Waals surface area contributed by atoms with E-state index in [1.54, 1.807) is 14.2 Å². The smallest absolute Gasteiger partial charge is 0.0538 e. The zero-order chi connectivity index (χ0) is 10.9. The number of rotatable bonds is 9. The van der Waals surface area contributed by atoms with Crippen LogP contribution in [0.15, 0.2) is 0 Å². The van der Waals surface area contributed by atoms with Crippen LogP contribution in [0.25, 0.3) is 0 Å². The summed E-state index contributed by atoms with van der Waals surface area (Å²) in [4.78, 5) is 0. The lowest BCUT2D eigenvalue weighted by Crippen LogP contribution is -2.28. The number of hydrogen-bond acceptors (Lipinski definition) is 2. The molecule has 0 N–H and O–H groups in total. The van der Waals surface area contributed by atoms with Gasteiger partial charge in [-0.1, -0.05) is 39.5 Å². The molecule has 0 saturated carbocycles. The summed E-state index contributed by atoms with van der Waals surface area (Å²) in [6.45, 7) is 6.08. The van der Waals surface area contributed by atoms with Gasteiger partial charge in [-0.15, -0.1) is 0 Å². The van der Waals surface area contributed by atoms with Crippen molar-refractivity contribution >= 4 is 0 Å². The molecule has 0 heterocycles. The standard InChI is InChI=1S/C12H26O2/c1-5-6-7-8-9-12(2,10-13-3)11-14-4/h5-11H2,1-4H3. The summed E-state index contributed by atoms with van der Waals surface area (Å²) < 4.78 is 10.5. The van der Waals surface area contributed by atoms with Gasteiger partial charge in [0, 0.05) is 19.6 Å². The Hall–Kier alpha value is -0.0800. The van der Waals surface area contributed by atoms with Crippen LogP contribution in [-0.4, -0.2) is 27.4 Å². The third-order valence-corrected chi connectivity index (χ3v) is 2.62. The minimum Gasteiger partial charge on any atom is -0.384 e. The Labute approximate surface area is 89.0 Å². The largest absolute Gasteiger partial charge is 0.384 e. The summed E-state index contributed by atoms with van der Waals surface area (Å²) in [5, 5.41) is 0. The molecule has 0 aromatic heterocycles. The fraction of sp³-hybridized carbons (Fsp3) is 1.00. The van der Waals surface area contributed by atoms with E-state index in [2.05, 4.69) is 13.8 Å². The van der Waals surface area contributed by atoms with Gasteiger partial charge in [0.2, 0.25) is 0 Å². The molecule has 0 saturated heterocycles. The first kappa shape index (κ1) is 13.9. The molecule has 0 fully saturated rings. The van der Waals surface area contributed by atoms with Crippen molar-refractivity contribution in [1.82, 2.24) is 0 Å². The van der Waals surface area contributed by atoms with Gasteiger partial charge in [0.1, 0.15) is 0 Å². The van der Waals surface area contributed by atoms with Crippen LogP contribution in [0.5, 0.6) is 0 Å². The van der Waals surface area contributed by atoms with Crippen LogP contribution in [0.4, 0.5) is 0 Å². The van der Waals surface area contributed by atoms with Gasteiger partial charge in [0.15, 0.2) is 0 Å². The van der Waals surface area contributed by atoms with E-state index in [0.717, 1.165) is 13.2 Å². The Bertz CT molecular complexity index is 117. The van der Waals surface area contributed by atoms with Crippen molar-refractivity contribution < 1.29 is 9.47 Å². The minimum absolute atomic E-state index is 0.206. The second-order valence-corrected chi connectivity index (χ2v) is 4.49. The molecule has 0 spiro atoms. The van der Waals surface area contributed by atoms with Crippen LogP contribution in [0.3, 0.4) is 0 Å². The zero-order valence-electron chi connectivity index (χ0n) is 10.3. The summed E-state index contributed by atoms with van der Waals surface area (Å²) in [5.74, 6) is 0. The molecule has 14 heavy (non-hydrogen) atoms. The van der Waals surface area contributed by atoms with Crippen molar-refractivity contribution in [3.05, 3.63) is 0 Å². The molecule has 0 atom stereocenters. The number of methoxy groups -OCH3 is 2. The van der Waals surface area contributed by atoms with Gasteiger partial charge < -0.3 is 9.47 Å². The molecule has 0 aliphatic rings. The van der Waals surface area contributed by atoms with Crippen molar-refractivity contribution in [2.24, 2.45) is 5.41 Å². The van der Waals surface area contributed by atoms with E-state index >= 15 is 0 Å². The van der Waals surface area contributed by atoms with Gasteiger partial charge in [-0.3, -0.25) is 0 Å². The summed E-state index contributed by atoms with van der Waals surface area (Å²) in [5.41, 5.74) is 0.206. The van der Waals surface area contributed by atoms with E-state index in [9.17, 15) is 0 Å². The van der Waals surface area contributed by atoms with E-state index in [-0.39, 0.29) is 5.41 Å². The predicted octanol–water partition coefficient (Wildman–Crippen LogP) is 3.26. The molecule has 0 aromatic rings. The maximum absolute atomic E-state index is 5.24. The molecule has 0 radical (unpaired) electrons. The molecule has 0 bridgehead atoms. The lowest BCUT2D eigenvalue weighted by Gasteiger charge is -2.27. The van der Waals surface area contributed by atoms with Crippen LogP contribution in [0.1, 0.15) is 46.0 Å². The minimum atomic E-state index is 0.206. The number of ether oxygens (including phenoxy) is 2. The highest BCUT2D eigenvalue weighted by molar-refractivity contribution is 4.73. The summed E-state index contributed by atoms with van der Waals surface area (Å²) in [6, 6.07) is 0. The Morgan fingerprint density at radius 2 is 1.50 bits per heavy atom. The van der Waals surface area contributed by atoms with Crippen LogP contribution < -0.4 is 0 Å². The van der Waals surface area contributed by atoms with E-state index in [1.165, 1.54) is 32.1 Å². The van der Waals surface area contributed by atoms with Crippen LogP contribution in [-0.2, 0) is 9.47 Å². The Morgan fingerprint density at radius 1 is 0.929 bits per heavy atom. The third kappa shape index (κ3) is 6.39. The molecule has 0 aliphatic heterocycles. The summed E-state index contributed by atoms with van der Waals surface area (Å²) in [7, 11) is 3.53. The molecule has 0 amide bonds. The first-order valence-electron chi connectivity index (χ1n) is 5.66. The molecule has 0 rings (SSSR count). The average Bonchev–Trinajstić information content (AvgIpc) is 2.13. The number of unbranched alkanes of at least 4 members (excludes halogenated alkanes) is 3. The SMILES string of the molecule is CCCCCCC(C)(COC)COC. The van der Waals surface area contributed by atoms with Gasteiger partial charge >= 0.3 is 0 Å². The molecule has 0 aliphatic carbocycles. The summed E-state index contributed by atoms with van der Waals surface area (Å²) in [6.07, 6.45) is 6.46. The van der Waals surface area contributed by atoms with Crippen LogP contribution in [0, 0.1) is 5.41 Å². The average molecular weight is 202 g/mol. The van der Waals surface area contributed by atoms with E-state index in [1.807, 2.05) is 0 Å². The van der Waals surface area contributed by atoms with Gasteiger partial charge in [-0.25, -0.2) is 0 Å². The monoisotopic (exact) mass is 202 g/mol. The van der Waals surface area contributed by atoms with E-state index in [4.69, 9.17) is 9.47 Å².